The third kappa shape index (κ3) is 2.76. The van der Waals surface area contributed by atoms with Crippen molar-refractivity contribution in [2.75, 3.05) is 5.32 Å². The molecule has 0 spiro atoms. The molecule has 7 heteroatoms. The third-order valence-electron chi connectivity index (χ3n) is 3.60. The lowest BCUT2D eigenvalue weighted by atomic mass is 10.2. The Morgan fingerprint density at radius 3 is 3.05 bits per heavy atom. The fourth-order valence-corrected chi connectivity index (χ4v) is 2.55. The highest BCUT2D eigenvalue weighted by molar-refractivity contribution is 5.90. The summed E-state index contributed by atoms with van der Waals surface area (Å²) in [5.41, 5.74) is 0.754. The number of nitriles is 1. The van der Waals surface area contributed by atoms with Crippen molar-refractivity contribution >= 4 is 11.6 Å². The largest absolute Gasteiger partial charge is 0.346 e. The molecule has 2 heterocycles. The number of hydrogen-bond donors (Lipinski definition) is 1. The lowest BCUT2D eigenvalue weighted by Crippen LogP contribution is -2.30. The van der Waals surface area contributed by atoms with Crippen molar-refractivity contribution < 1.29 is 4.79 Å². The number of rotatable bonds is 3. The maximum atomic E-state index is 12.1. The summed E-state index contributed by atoms with van der Waals surface area (Å²) in [4.78, 5) is 24.2. The molecule has 1 aliphatic heterocycles. The molecule has 3 rings (SSSR count). The fraction of sp³-hybridized carbons (Fsp3) is 0.333. The third-order valence-corrected chi connectivity index (χ3v) is 3.60. The van der Waals surface area contributed by atoms with Gasteiger partial charge in [-0.3, -0.25) is 9.36 Å². The zero-order valence-corrected chi connectivity index (χ0v) is 12.0. The van der Waals surface area contributed by atoms with E-state index in [0.29, 0.717) is 17.8 Å². The highest BCUT2D eigenvalue weighted by atomic mass is 16.2. The number of hydrogen-bond acceptors (Lipinski definition) is 4. The van der Waals surface area contributed by atoms with E-state index in [1.165, 1.54) is 4.68 Å². The van der Waals surface area contributed by atoms with Gasteiger partial charge < -0.3 is 5.32 Å². The number of nitrogens with zero attached hydrogens (tertiary/aromatic N) is 4. The van der Waals surface area contributed by atoms with Gasteiger partial charge in [0.15, 0.2) is 0 Å². The van der Waals surface area contributed by atoms with E-state index in [1.807, 2.05) is 6.07 Å². The number of carbonyl (C=O) groups is 1. The molecule has 112 valence electrons. The highest BCUT2D eigenvalue weighted by Crippen LogP contribution is 2.11. The maximum absolute atomic E-state index is 12.1. The van der Waals surface area contributed by atoms with Crippen LogP contribution in [0.15, 0.2) is 29.1 Å². The maximum Gasteiger partial charge on any atom is 0.346 e. The number of aromatic nitrogens is 3. The zero-order chi connectivity index (χ0) is 15.5. The van der Waals surface area contributed by atoms with Gasteiger partial charge in [0.1, 0.15) is 12.4 Å². The molecule has 1 aliphatic rings. The van der Waals surface area contributed by atoms with Gasteiger partial charge in [0, 0.05) is 18.7 Å². The molecule has 0 fully saturated rings. The molecule has 1 amide bonds. The Labute approximate surface area is 126 Å². The van der Waals surface area contributed by atoms with Gasteiger partial charge in [0.2, 0.25) is 5.91 Å². The predicted molar refractivity (Wildman–Crippen MR) is 79.2 cm³/mol. The van der Waals surface area contributed by atoms with E-state index in [0.717, 1.165) is 25.1 Å². The van der Waals surface area contributed by atoms with Crippen molar-refractivity contribution in [2.24, 2.45) is 0 Å². The van der Waals surface area contributed by atoms with Gasteiger partial charge in [0.25, 0.3) is 0 Å². The Bertz CT molecular complexity index is 812. The van der Waals surface area contributed by atoms with Crippen molar-refractivity contribution in [3.05, 3.63) is 46.1 Å². The molecule has 7 nitrogen and oxygen atoms in total. The number of carbonyl (C=O) groups excluding carboxylic acids is 1. The predicted octanol–water partition coefficient (Wildman–Crippen LogP) is 0.891. The van der Waals surface area contributed by atoms with Crippen LogP contribution in [0, 0.1) is 11.3 Å². The minimum atomic E-state index is -0.340. The molecule has 0 atom stereocenters. The molecular weight excluding hydrogens is 282 g/mol. The molecule has 0 unspecified atom stereocenters. The van der Waals surface area contributed by atoms with Crippen LogP contribution in [-0.4, -0.2) is 20.3 Å². The SMILES string of the molecule is N#Cc1cccc(NC(=O)Cn2nc3n(c2=O)CCCC3)c1. The van der Waals surface area contributed by atoms with E-state index in [1.54, 1.807) is 28.8 Å². The zero-order valence-electron chi connectivity index (χ0n) is 12.0. The number of anilines is 1. The van der Waals surface area contributed by atoms with Gasteiger partial charge in [0.05, 0.1) is 11.6 Å². The summed E-state index contributed by atoms with van der Waals surface area (Å²) < 4.78 is 2.83. The van der Waals surface area contributed by atoms with Crippen LogP contribution >= 0.6 is 0 Å². The van der Waals surface area contributed by atoms with Crippen LogP contribution in [0.1, 0.15) is 24.2 Å². The summed E-state index contributed by atoms with van der Waals surface area (Å²) in [7, 11) is 0. The first kappa shape index (κ1) is 14.1. The summed E-state index contributed by atoms with van der Waals surface area (Å²) in [6.07, 6.45) is 2.75. The lowest BCUT2D eigenvalue weighted by Gasteiger charge is -2.09. The van der Waals surface area contributed by atoms with Crippen molar-refractivity contribution in [3.8, 4) is 6.07 Å². The van der Waals surface area contributed by atoms with E-state index in [4.69, 9.17) is 5.26 Å². The van der Waals surface area contributed by atoms with E-state index >= 15 is 0 Å². The van der Waals surface area contributed by atoms with Gasteiger partial charge in [-0.1, -0.05) is 6.07 Å². The highest BCUT2D eigenvalue weighted by Gasteiger charge is 2.18. The van der Waals surface area contributed by atoms with Gasteiger partial charge >= 0.3 is 5.69 Å². The first-order valence-electron chi connectivity index (χ1n) is 7.14. The minimum Gasteiger partial charge on any atom is -0.324 e. The quantitative estimate of drug-likeness (QED) is 0.910. The smallest absolute Gasteiger partial charge is 0.324 e. The summed E-state index contributed by atoms with van der Waals surface area (Å²) in [6.45, 7) is 0.537. The monoisotopic (exact) mass is 297 g/mol. The summed E-state index contributed by atoms with van der Waals surface area (Å²) in [5, 5.41) is 15.7. The molecule has 0 bridgehead atoms. The standard InChI is InChI=1S/C15H15N5O2/c16-9-11-4-3-5-12(8-11)17-14(21)10-20-15(22)19-7-2-1-6-13(19)18-20/h3-5,8H,1-2,6-7,10H2,(H,17,21). The number of fused-ring (bicyclic) bond motifs is 1. The molecular formula is C15H15N5O2. The first-order chi connectivity index (χ1) is 10.7. The second-order valence-electron chi connectivity index (χ2n) is 5.21. The minimum absolute atomic E-state index is 0.129. The Morgan fingerprint density at radius 1 is 1.41 bits per heavy atom. The number of nitrogens with one attached hydrogen (secondary N) is 1. The van der Waals surface area contributed by atoms with Crippen molar-refractivity contribution in [1.82, 2.24) is 14.3 Å². The second kappa shape index (κ2) is 5.85. The molecule has 1 aromatic heterocycles. The van der Waals surface area contributed by atoms with Crippen molar-refractivity contribution in [1.29, 1.82) is 5.26 Å². The van der Waals surface area contributed by atoms with Crippen LogP contribution in [0.2, 0.25) is 0 Å². The van der Waals surface area contributed by atoms with E-state index in [2.05, 4.69) is 10.4 Å². The molecule has 1 N–H and O–H groups in total. The molecule has 0 saturated carbocycles. The number of amides is 1. The Balaban J connectivity index is 1.73. The topological polar surface area (TPSA) is 92.7 Å². The lowest BCUT2D eigenvalue weighted by molar-refractivity contribution is -0.117. The van der Waals surface area contributed by atoms with Crippen LogP contribution in [0.5, 0.6) is 0 Å². The van der Waals surface area contributed by atoms with Crippen LogP contribution in [-0.2, 0) is 24.3 Å². The van der Waals surface area contributed by atoms with E-state index < -0.39 is 0 Å². The van der Waals surface area contributed by atoms with E-state index in [9.17, 15) is 9.59 Å². The molecule has 0 saturated heterocycles. The molecule has 0 radical (unpaired) electrons. The molecule has 2 aromatic rings. The number of benzene rings is 1. The fourth-order valence-electron chi connectivity index (χ4n) is 2.55. The van der Waals surface area contributed by atoms with Crippen molar-refractivity contribution in [3.63, 3.8) is 0 Å². The van der Waals surface area contributed by atoms with Crippen LogP contribution < -0.4 is 11.0 Å². The number of aryl methyl sites for hydroxylation is 1. The average molecular weight is 297 g/mol. The van der Waals surface area contributed by atoms with Crippen LogP contribution in [0.3, 0.4) is 0 Å². The van der Waals surface area contributed by atoms with Gasteiger partial charge in [-0.2, -0.15) is 10.4 Å². The van der Waals surface area contributed by atoms with Crippen molar-refractivity contribution in [2.45, 2.75) is 32.4 Å². The molecule has 0 aliphatic carbocycles. The van der Waals surface area contributed by atoms with Crippen LogP contribution in [0.4, 0.5) is 5.69 Å². The summed E-state index contributed by atoms with van der Waals surface area (Å²) >= 11 is 0. The van der Waals surface area contributed by atoms with Crippen LogP contribution in [0.25, 0.3) is 0 Å². The average Bonchev–Trinajstić information content (AvgIpc) is 2.84. The normalized spacial score (nSPS) is 13.2. The second-order valence-corrected chi connectivity index (χ2v) is 5.21. The first-order valence-corrected chi connectivity index (χ1v) is 7.14. The Kier molecular flexibility index (Phi) is 3.74. The summed E-state index contributed by atoms with van der Waals surface area (Å²) in [5.74, 6) is 0.406. The van der Waals surface area contributed by atoms with E-state index in [-0.39, 0.29) is 18.1 Å². The Hall–Kier alpha value is -2.88. The van der Waals surface area contributed by atoms with Gasteiger partial charge in [-0.15, -0.1) is 0 Å². The molecule has 1 aromatic carbocycles. The molecule has 22 heavy (non-hydrogen) atoms. The van der Waals surface area contributed by atoms with Gasteiger partial charge in [-0.05, 0) is 31.0 Å². The summed E-state index contributed by atoms with van der Waals surface area (Å²) in [6, 6.07) is 8.63. The van der Waals surface area contributed by atoms with Gasteiger partial charge in [-0.25, -0.2) is 9.48 Å². The Morgan fingerprint density at radius 2 is 2.27 bits per heavy atom.